The Morgan fingerprint density at radius 1 is 1.53 bits per heavy atom. The van der Waals surface area contributed by atoms with Crippen molar-refractivity contribution in [2.45, 2.75) is 19.4 Å². The number of aromatic nitrogens is 3. The first-order chi connectivity index (χ1) is 9.16. The van der Waals surface area contributed by atoms with Crippen LogP contribution in [0.25, 0.3) is 5.82 Å². The van der Waals surface area contributed by atoms with Crippen LogP contribution in [0.15, 0.2) is 37.1 Å². The van der Waals surface area contributed by atoms with Crippen LogP contribution in [0, 0.1) is 0 Å². The summed E-state index contributed by atoms with van der Waals surface area (Å²) in [6.07, 6.45) is 6.73. The molecule has 2 aromatic heterocycles. The molecular weight excluding hydrogens is 244 g/mol. The minimum atomic E-state index is -0.417. The van der Waals surface area contributed by atoms with Gasteiger partial charge in [-0.1, -0.05) is 0 Å². The van der Waals surface area contributed by atoms with Crippen molar-refractivity contribution in [2.24, 2.45) is 0 Å². The van der Waals surface area contributed by atoms with Gasteiger partial charge in [0.2, 0.25) is 0 Å². The average molecular weight is 260 g/mol. The fourth-order valence-corrected chi connectivity index (χ4v) is 1.59. The predicted octanol–water partition coefficient (Wildman–Crippen LogP) is 0.768. The molecule has 6 heteroatoms. The Kier molecular flexibility index (Phi) is 4.25. The van der Waals surface area contributed by atoms with Crippen molar-refractivity contribution in [3.8, 4) is 5.82 Å². The molecule has 0 aliphatic rings. The number of hydrogen-bond donors (Lipinski definition) is 2. The summed E-state index contributed by atoms with van der Waals surface area (Å²) in [5, 5.41) is 11.9. The fraction of sp³-hybridized carbons (Fsp3) is 0.308. The van der Waals surface area contributed by atoms with Crippen LogP contribution in [-0.2, 0) is 0 Å². The Labute approximate surface area is 111 Å². The van der Waals surface area contributed by atoms with Crippen LogP contribution in [0.2, 0.25) is 0 Å². The number of imidazole rings is 1. The van der Waals surface area contributed by atoms with Gasteiger partial charge < -0.3 is 10.4 Å². The summed E-state index contributed by atoms with van der Waals surface area (Å²) in [5.74, 6) is 0.463. The lowest BCUT2D eigenvalue weighted by molar-refractivity contribution is 0.0945. The maximum Gasteiger partial charge on any atom is 0.251 e. The zero-order chi connectivity index (χ0) is 13.7. The molecule has 0 spiro atoms. The van der Waals surface area contributed by atoms with E-state index in [1.165, 1.54) is 0 Å². The van der Waals surface area contributed by atoms with E-state index in [-0.39, 0.29) is 5.91 Å². The normalized spacial score (nSPS) is 12.1. The Hall–Kier alpha value is -2.21. The van der Waals surface area contributed by atoms with Crippen molar-refractivity contribution in [3.63, 3.8) is 0 Å². The van der Waals surface area contributed by atoms with Crippen LogP contribution in [0.4, 0.5) is 0 Å². The number of carbonyl (C=O) groups excluding carboxylic acids is 1. The molecule has 0 aliphatic carbocycles. The molecule has 1 amide bonds. The average Bonchev–Trinajstić information content (AvgIpc) is 2.92. The minimum absolute atomic E-state index is 0.176. The quantitative estimate of drug-likeness (QED) is 0.832. The first-order valence-corrected chi connectivity index (χ1v) is 6.07. The largest absolute Gasteiger partial charge is 0.393 e. The molecule has 0 radical (unpaired) electrons. The summed E-state index contributed by atoms with van der Waals surface area (Å²) in [4.78, 5) is 20.0. The molecule has 100 valence electrons. The monoisotopic (exact) mass is 260 g/mol. The van der Waals surface area contributed by atoms with Crippen LogP contribution in [0.3, 0.4) is 0 Å². The van der Waals surface area contributed by atoms with E-state index in [1.807, 2.05) is 0 Å². The molecule has 2 aromatic rings. The molecule has 0 bridgehead atoms. The number of nitrogens with zero attached hydrogens (tertiary/aromatic N) is 3. The van der Waals surface area contributed by atoms with Gasteiger partial charge in [0, 0.05) is 30.7 Å². The van der Waals surface area contributed by atoms with Gasteiger partial charge in [0.25, 0.3) is 5.91 Å². The van der Waals surface area contributed by atoms with Crippen LogP contribution in [0.1, 0.15) is 23.7 Å². The van der Waals surface area contributed by atoms with Gasteiger partial charge >= 0.3 is 0 Å². The third-order valence-electron chi connectivity index (χ3n) is 2.62. The van der Waals surface area contributed by atoms with E-state index in [1.54, 1.807) is 48.5 Å². The van der Waals surface area contributed by atoms with Crippen molar-refractivity contribution < 1.29 is 9.90 Å². The zero-order valence-corrected chi connectivity index (χ0v) is 10.7. The number of aliphatic hydroxyl groups is 1. The van der Waals surface area contributed by atoms with Crippen molar-refractivity contribution in [3.05, 3.63) is 42.6 Å². The first kappa shape index (κ1) is 13.2. The Morgan fingerprint density at radius 3 is 3.05 bits per heavy atom. The smallest absolute Gasteiger partial charge is 0.251 e. The second kappa shape index (κ2) is 6.10. The molecule has 0 aromatic carbocycles. The summed E-state index contributed by atoms with van der Waals surface area (Å²) in [6, 6.07) is 3.34. The van der Waals surface area contributed by atoms with Gasteiger partial charge in [0.15, 0.2) is 0 Å². The number of aliphatic hydroxyl groups excluding tert-OH is 1. The van der Waals surface area contributed by atoms with E-state index in [0.717, 1.165) is 0 Å². The lowest BCUT2D eigenvalue weighted by Crippen LogP contribution is -2.26. The summed E-state index contributed by atoms with van der Waals surface area (Å²) < 4.78 is 1.73. The van der Waals surface area contributed by atoms with Gasteiger partial charge in [-0.3, -0.25) is 9.36 Å². The molecule has 0 saturated heterocycles. The number of carbonyl (C=O) groups is 1. The molecule has 1 atom stereocenters. The standard InChI is InChI=1S/C13H16N4O2/c1-10(18)2-4-16-13(19)11-3-5-15-12(8-11)17-7-6-14-9-17/h3,5-10,18H,2,4H2,1H3,(H,16,19). The molecule has 2 heterocycles. The van der Waals surface area contributed by atoms with Gasteiger partial charge in [0.05, 0.1) is 6.10 Å². The highest BCUT2D eigenvalue weighted by atomic mass is 16.3. The van der Waals surface area contributed by atoms with Crippen molar-refractivity contribution >= 4 is 5.91 Å². The van der Waals surface area contributed by atoms with Gasteiger partial charge in [-0.05, 0) is 25.5 Å². The lowest BCUT2D eigenvalue weighted by atomic mass is 10.2. The van der Waals surface area contributed by atoms with E-state index in [0.29, 0.717) is 24.3 Å². The maximum absolute atomic E-state index is 11.9. The molecule has 0 saturated carbocycles. The summed E-state index contributed by atoms with van der Waals surface area (Å²) in [5.41, 5.74) is 0.532. The summed E-state index contributed by atoms with van der Waals surface area (Å²) in [7, 11) is 0. The lowest BCUT2D eigenvalue weighted by Gasteiger charge is -2.08. The van der Waals surface area contributed by atoms with E-state index < -0.39 is 6.10 Å². The van der Waals surface area contributed by atoms with Crippen molar-refractivity contribution in [2.75, 3.05) is 6.54 Å². The van der Waals surface area contributed by atoms with Crippen LogP contribution in [-0.4, -0.2) is 38.2 Å². The number of pyridine rings is 1. The van der Waals surface area contributed by atoms with Crippen LogP contribution in [0.5, 0.6) is 0 Å². The maximum atomic E-state index is 11.9. The Bertz CT molecular complexity index is 537. The van der Waals surface area contributed by atoms with E-state index >= 15 is 0 Å². The molecular formula is C13H16N4O2. The third kappa shape index (κ3) is 3.62. The third-order valence-corrected chi connectivity index (χ3v) is 2.62. The van der Waals surface area contributed by atoms with E-state index in [2.05, 4.69) is 15.3 Å². The van der Waals surface area contributed by atoms with Crippen LogP contribution >= 0.6 is 0 Å². The molecule has 0 fully saturated rings. The molecule has 6 nitrogen and oxygen atoms in total. The SMILES string of the molecule is CC(O)CCNC(=O)c1ccnc(-n2ccnc2)c1. The second-order valence-electron chi connectivity index (χ2n) is 4.27. The van der Waals surface area contributed by atoms with Crippen molar-refractivity contribution in [1.29, 1.82) is 0 Å². The highest BCUT2D eigenvalue weighted by Gasteiger charge is 2.07. The number of amides is 1. The van der Waals surface area contributed by atoms with Crippen molar-refractivity contribution in [1.82, 2.24) is 19.9 Å². The van der Waals surface area contributed by atoms with E-state index in [9.17, 15) is 4.79 Å². The summed E-state index contributed by atoms with van der Waals surface area (Å²) >= 11 is 0. The zero-order valence-electron chi connectivity index (χ0n) is 10.7. The molecule has 0 aliphatic heterocycles. The number of nitrogens with one attached hydrogen (secondary N) is 1. The number of hydrogen-bond acceptors (Lipinski definition) is 4. The molecule has 2 N–H and O–H groups in total. The summed E-state index contributed by atoms with van der Waals surface area (Å²) in [6.45, 7) is 2.13. The minimum Gasteiger partial charge on any atom is -0.393 e. The van der Waals surface area contributed by atoms with Gasteiger partial charge in [-0.2, -0.15) is 0 Å². The highest BCUT2D eigenvalue weighted by molar-refractivity contribution is 5.94. The topological polar surface area (TPSA) is 80.0 Å². The Morgan fingerprint density at radius 2 is 2.37 bits per heavy atom. The molecule has 19 heavy (non-hydrogen) atoms. The van der Waals surface area contributed by atoms with Crippen LogP contribution < -0.4 is 5.32 Å². The second-order valence-corrected chi connectivity index (χ2v) is 4.27. The van der Waals surface area contributed by atoms with Gasteiger partial charge in [-0.25, -0.2) is 9.97 Å². The van der Waals surface area contributed by atoms with E-state index in [4.69, 9.17) is 5.11 Å². The fourth-order valence-electron chi connectivity index (χ4n) is 1.59. The van der Waals surface area contributed by atoms with Gasteiger partial charge in [0.1, 0.15) is 12.1 Å². The van der Waals surface area contributed by atoms with Gasteiger partial charge in [-0.15, -0.1) is 0 Å². The molecule has 2 rings (SSSR count). The first-order valence-electron chi connectivity index (χ1n) is 6.07. The predicted molar refractivity (Wildman–Crippen MR) is 70.0 cm³/mol. The highest BCUT2D eigenvalue weighted by Crippen LogP contribution is 2.06. The molecule has 1 unspecified atom stereocenters. The Balaban J connectivity index is 2.04. The number of rotatable bonds is 5.